The molecular weight excluding hydrogens is 348 g/mol. The van der Waals surface area contributed by atoms with E-state index >= 15 is 0 Å². The van der Waals surface area contributed by atoms with Crippen molar-refractivity contribution in [3.05, 3.63) is 34.9 Å². The Bertz CT molecular complexity index is 781. The van der Waals surface area contributed by atoms with Crippen molar-refractivity contribution in [1.29, 1.82) is 0 Å². The number of carbonyl (C=O) groups is 3. The zero-order valence-electron chi connectivity index (χ0n) is 15.0. The van der Waals surface area contributed by atoms with E-state index in [1.807, 2.05) is 12.1 Å². The molecule has 3 heterocycles. The van der Waals surface area contributed by atoms with Crippen molar-refractivity contribution in [2.45, 2.75) is 50.5 Å². The third-order valence-corrected chi connectivity index (χ3v) is 5.61. The molecule has 144 valence electrons. The van der Waals surface area contributed by atoms with Crippen LogP contribution in [-0.2, 0) is 22.7 Å². The third kappa shape index (κ3) is 3.60. The minimum absolute atomic E-state index is 0.0566. The SMILES string of the molecule is O=C1CCC(N2Cc3cc(CNC4CCNCC4O)ccc3C2=O)C(=O)N1. The fourth-order valence-corrected chi connectivity index (χ4v) is 4.07. The van der Waals surface area contributed by atoms with E-state index in [-0.39, 0.29) is 24.3 Å². The predicted molar refractivity (Wildman–Crippen MR) is 96.6 cm³/mol. The van der Waals surface area contributed by atoms with E-state index < -0.39 is 18.1 Å². The molecule has 27 heavy (non-hydrogen) atoms. The lowest BCUT2D eigenvalue weighted by Gasteiger charge is -2.29. The second kappa shape index (κ2) is 7.38. The van der Waals surface area contributed by atoms with Gasteiger partial charge in [0.05, 0.1) is 6.10 Å². The van der Waals surface area contributed by atoms with E-state index in [0.29, 0.717) is 31.6 Å². The summed E-state index contributed by atoms with van der Waals surface area (Å²) in [6.07, 6.45) is 1.09. The number of hydrogen-bond acceptors (Lipinski definition) is 6. The van der Waals surface area contributed by atoms with Crippen molar-refractivity contribution in [1.82, 2.24) is 20.9 Å². The van der Waals surface area contributed by atoms with Crippen molar-refractivity contribution in [2.75, 3.05) is 13.1 Å². The highest BCUT2D eigenvalue weighted by molar-refractivity contribution is 6.05. The van der Waals surface area contributed by atoms with Gasteiger partial charge in [-0.1, -0.05) is 12.1 Å². The number of amides is 3. The van der Waals surface area contributed by atoms with Crippen LogP contribution in [0.15, 0.2) is 18.2 Å². The van der Waals surface area contributed by atoms with E-state index in [4.69, 9.17) is 0 Å². The van der Waals surface area contributed by atoms with Crippen LogP contribution in [0.1, 0.15) is 40.7 Å². The van der Waals surface area contributed by atoms with Gasteiger partial charge in [0, 0.05) is 37.7 Å². The first kappa shape index (κ1) is 18.1. The Labute approximate surface area is 157 Å². The molecule has 4 rings (SSSR count). The van der Waals surface area contributed by atoms with Crippen LogP contribution in [0.3, 0.4) is 0 Å². The first-order chi connectivity index (χ1) is 13.0. The van der Waals surface area contributed by atoms with Crippen molar-refractivity contribution in [3.8, 4) is 0 Å². The summed E-state index contributed by atoms with van der Waals surface area (Å²) >= 11 is 0. The number of nitrogens with one attached hydrogen (secondary N) is 3. The summed E-state index contributed by atoms with van der Waals surface area (Å²) in [7, 11) is 0. The van der Waals surface area contributed by atoms with Gasteiger partial charge in [-0.15, -0.1) is 0 Å². The molecular formula is C19H24N4O4. The van der Waals surface area contributed by atoms with Gasteiger partial charge in [0.2, 0.25) is 11.8 Å². The van der Waals surface area contributed by atoms with Gasteiger partial charge in [-0.05, 0) is 36.6 Å². The number of fused-ring (bicyclic) bond motifs is 1. The van der Waals surface area contributed by atoms with E-state index in [1.54, 1.807) is 11.0 Å². The Morgan fingerprint density at radius 2 is 2.07 bits per heavy atom. The smallest absolute Gasteiger partial charge is 0.255 e. The quantitative estimate of drug-likeness (QED) is 0.518. The minimum Gasteiger partial charge on any atom is -0.390 e. The van der Waals surface area contributed by atoms with Crippen molar-refractivity contribution < 1.29 is 19.5 Å². The maximum Gasteiger partial charge on any atom is 0.255 e. The highest BCUT2D eigenvalue weighted by Crippen LogP contribution is 2.28. The van der Waals surface area contributed by atoms with Crippen molar-refractivity contribution in [3.63, 3.8) is 0 Å². The molecule has 8 nitrogen and oxygen atoms in total. The lowest BCUT2D eigenvalue weighted by Crippen LogP contribution is -2.52. The molecule has 3 aliphatic heterocycles. The Morgan fingerprint density at radius 1 is 1.22 bits per heavy atom. The van der Waals surface area contributed by atoms with Crippen LogP contribution < -0.4 is 16.0 Å². The zero-order chi connectivity index (χ0) is 19.0. The molecule has 2 fully saturated rings. The summed E-state index contributed by atoms with van der Waals surface area (Å²) in [4.78, 5) is 37.7. The summed E-state index contributed by atoms with van der Waals surface area (Å²) in [5, 5.41) is 18.9. The van der Waals surface area contributed by atoms with E-state index in [1.165, 1.54) is 0 Å². The Kier molecular flexibility index (Phi) is 4.94. The van der Waals surface area contributed by atoms with Gasteiger partial charge in [-0.2, -0.15) is 0 Å². The molecule has 1 aromatic rings. The summed E-state index contributed by atoms with van der Waals surface area (Å²) in [6, 6.07) is 5.17. The molecule has 0 radical (unpaired) electrons. The summed E-state index contributed by atoms with van der Waals surface area (Å²) in [6.45, 7) is 2.47. The van der Waals surface area contributed by atoms with Crippen LogP contribution >= 0.6 is 0 Å². The molecule has 3 aliphatic rings. The number of piperidine rings is 2. The number of β-amino-alcohol motifs (C(OH)–C–C–N with tert-alkyl or cyclic N) is 1. The molecule has 0 saturated carbocycles. The lowest BCUT2D eigenvalue weighted by atomic mass is 10.0. The number of aliphatic hydroxyl groups is 1. The molecule has 4 N–H and O–H groups in total. The molecule has 3 atom stereocenters. The topological polar surface area (TPSA) is 111 Å². The van der Waals surface area contributed by atoms with Crippen LogP contribution in [0.5, 0.6) is 0 Å². The van der Waals surface area contributed by atoms with Gasteiger partial charge in [0.25, 0.3) is 5.91 Å². The maximum absolute atomic E-state index is 12.7. The number of aliphatic hydroxyl groups excluding tert-OH is 1. The lowest BCUT2D eigenvalue weighted by molar-refractivity contribution is -0.136. The largest absolute Gasteiger partial charge is 0.390 e. The first-order valence-corrected chi connectivity index (χ1v) is 9.41. The standard InChI is InChI=1S/C19H24N4O4/c24-16-9-20-6-5-14(16)21-8-11-1-2-13-12(7-11)10-23(19(13)27)15-3-4-17(25)22-18(15)26/h1-2,7,14-16,20-21,24H,3-6,8-10H2,(H,22,25,26). The normalized spacial score (nSPS) is 28.3. The van der Waals surface area contributed by atoms with E-state index in [0.717, 1.165) is 24.1 Å². The molecule has 0 aromatic heterocycles. The second-order valence-corrected chi connectivity index (χ2v) is 7.44. The number of nitrogens with zero attached hydrogens (tertiary/aromatic N) is 1. The van der Waals surface area contributed by atoms with Crippen molar-refractivity contribution >= 4 is 17.7 Å². The molecule has 1 aromatic carbocycles. The molecule has 0 bridgehead atoms. The fraction of sp³-hybridized carbons (Fsp3) is 0.526. The zero-order valence-corrected chi connectivity index (χ0v) is 15.0. The summed E-state index contributed by atoms with van der Waals surface area (Å²) < 4.78 is 0. The monoisotopic (exact) mass is 372 g/mol. The minimum atomic E-state index is -0.589. The molecule has 0 spiro atoms. The van der Waals surface area contributed by atoms with E-state index in [9.17, 15) is 19.5 Å². The van der Waals surface area contributed by atoms with Crippen molar-refractivity contribution in [2.24, 2.45) is 0 Å². The maximum atomic E-state index is 12.7. The Balaban J connectivity index is 1.43. The van der Waals surface area contributed by atoms with Gasteiger partial charge in [-0.3, -0.25) is 19.7 Å². The van der Waals surface area contributed by atoms with Gasteiger partial charge >= 0.3 is 0 Å². The van der Waals surface area contributed by atoms with Gasteiger partial charge in [0.1, 0.15) is 6.04 Å². The Morgan fingerprint density at radius 3 is 2.85 bits per heavy atom. The van der Waals surface area contributed by atoms with Crippen LogP contribution in [-0.4, -0.2) is 59.0 Å². The average Bonchev–Trinajstić information content (AvgIpc) is 2.97. The predicted octanol–water partition coefficient (Wildman–Crippen LogP) is -0.740. The van der Waals surface area contributed by atoms with Crippen LogP contribution in [0.2, 0.25) is 0 Å². The third-order valence-electron chi connectivity index (χ3n) is 5.61. The molecule has 0 aliphatic carbocycles. The molecule has 2 saturated heterocycles. The number of imide groups is 1. The van der Waals surface area contributed by atoms with Gasteiger partial charge in [0.15, 0.2) is 0 Å². The Hall–Kier alpha value is -2.29. The van der Waals surface area contributed by atoms with Crippen LogP contribution in [0.4, 0.5) is 0 Å². The number of rotatable bonds is 4. The first-order valence-electron chi connectivity index (χ1n) is 9.41. The molecule has 8 heteroatoms. The second-order valence-electron chi connectivity index (χ2n) is 7.44. The van der Waals surface area contributed by atoms with Crippen LogP contribution in [0, 0.1) is 0 Å². The van der Waals surface area contributed by atoms with Crippen LogP contribution in [0.25, 0.3) is 0 Å². The highest BCUT2D eigenvalue weighted by atomic mass is 16.3. The summed E-state index contributed by atoms with van der Waals surface area (Å²) in [5.41, 5.74) is 2.55. The molecule has 3 amide bonds. The molecule has 3 unspecified atom stereocenters. The van der Waals surface area contributed by atoms with Gasteiger partial charge in [-0.25, -0.2) is 0 Å². The van der Waals surface area contributed by atoms with E-state index in [2.05, 4.69) is 16.0 Å². The average molecular weight is 372 g/mol. The summed E-state index contributed by atoms with van der Waals surface area (Å²) in [5.74, 6) is -0.837. The number of benzene rings is 1. The number of carbonyl (C=O) groups excluding carboxylic acids is 3. The highest BCUT2D eigenvalue weighted by Gasteiger charge is 2.39. The number of hydrogen-bond donors (Lipinski definition) is 4. The fourth-order valence-electron chi connectivity index (χ4n) is 4.07. The van der Waals surface area contributed by atoms with Gasteiger partial charge < -0.3 is 20.6 Å².